The SMILES string of the molecule is COc1cc(CNc2ncnc(N3CCN(c4ccccn4)CC3)c2[N+](=O)[O-])cc(OC)c1OC. The molecule has 1 N–H and O–H groups in total. The van der Waals surface area contributed by atoms with Crippen molar-refractivity contribution in [2.45, 2.75) is 6.54 Å². The van der Waals surface area contributed by atoms with Crippen LogP contribution in [0.5, 0.6) is 17.2 Å². The van der Waals surface area contributed by atoms with E-state index in [0.717, 1.165) is 11.4 Å². The van der Waals surface area contributed by atoms with E-state index in [1.54, 1.807) is 18.3 Å². The lowest BCUT2D eigenvalue weighted by Gasteiger charge is -2.35. The molecule has 1 fully saturated rings. The fourth-order valence-corrected chi connectivity index (χ4v) is 4.01. The van der Waals surface area contributed by atoms with E-state index in [-0.39, 0.29) is 23.9 Å². The first-order valence-corrected chi connectivity index (χ1v) is 11.0. The van der Waals surface area contributed by atoms with Gasteiger partial charge < -0.3 is 29.3 Å². The zero-order valence-electron chi connectivity index (χ0n) is 19.8. The molecule has 35 heavy (non-hydrogen) atoms. The van der Waals surface area contributed by atoms with Gasteiger partial charge in [-0.15, -0.1) is 0 Å². The van der Waals surface area contributed by atoms with Crippen molar-refractivity contribution in [1.82, 2.24) is 15.0 Å². The highest BCUT2D eigenvalue weighted by molar-refractivity contribution is 5.71. The second-order valence-corrected chi connectivity index (χ2v) is 7.70. The predicted molar refractivity (Wildman–Crippen MR) is 131 cm³/mol. The summed E-state index contributed by atoms with van der Waals surface area (Å²) >= 11 is 0. The molecule has 0 aliphatic carbocycles. The van der Waals surface area contributed by atoms with Crippen molar-refractivity contribution in [3.8, 4) is 17.2 Å². The normalized spacial score (nSPS) is 13.3. The van der Waals surface area contributed by atoms with Gasteiger partial charge in [0.25, 0.3) is 0 Å². The number of methoxy groups -OCH3 is 3. The number of hydrogen-bond donors (Lipinski definition) is 1. The molecule has 3 aromatic rings. The number of nitrogens with one attached hydrogen (secondary N) is 1. The Bertz CT molecular complexity index is 1150. The largest absolute Gasteiger partial charge is 0.493 e. The summed E-state index contributed by atoms with van der Waals surface area (Å²) in [4.78, 5) is 28.5. The number of nitrogens with zero attached hydrogens (tertiary/aromatic N) is 6. The Labute approximate surface area is 202 Å². The summed E-state index contributed by atoms with van der Waals surface area (Å²) in [6, 6.07) is 9.32. The van der Waals surface area contributed by atoms with E-state index >= 15 is 0 Å². The number of pyridine rings is 1. The third kappa shape index (κ3) is 5.10. The standard InChI is InChI=1S/C23H27N7O5/c1-33-17-12-16(13-18(34-2)21(17)35-3)14-25-22-20(30(31)32)23(27-15-26-22)29-10-8-28(9-11-29)19-6-4-5-7-24-19/h4-7,12-13,15H,8-11,14H2,1-3H3,(H,25,26,27). The maximum atomic E-state index is 12.0. The smallest absolute Gasteiger partial charge is 0.353 e. The van der Waals surface area contributed by atoms with Crippen molar-refractivity contribution in [2.75, 3.05) is 62.6 Å². The highest BCUT2D eigenvalue weighted by Crippen LogP contribution is 2.39. The van der Waals surface area contributed by atoms with Gasteiger partial charge in [-0.3, -0.25) is 10.1 Å². The Kier molecular flexibility index (Phi) is 7.29. The van der Waals surface area contributed by atoms with E-state index < -0.39 is 4.92 Å². The van der Waals surface area contributed by atoms with Crippen LogP contribution in [-0.2, 0) is 6.54 Å². The van der Waals surface area contributed by atoms with E-state index in [9.17, 15) is 10.1 Å². The molecule has 12 nitrogen and oxygen atoms in total. The van der Waals surface area contributed by atoms with Gasteiger partial charge in [-0.25, -0.2) is 15.0 Å². The molecule has 0 unspecified atom stereocenters. The summed E-state index contributed by atoms with van der Waals surface area (Å²) in [5.74, 6) is 2.77. The van der Waals surface area contributed by atoms with Crippen molar-refractivity contribution >= 4 is 23.1 Å². The molecule has 1 aliphatic rings. The number of rotatable bonds is 9. The highest BCUT2D eigenvalue weighted by atomic mass is 16.6. The van der Waals surface area contributed by atoms with Gasteiger partial charge in [0, 0.05) is 38.9 Å². The van der Waals surface area contributed by atoms with Gasteiger partial charge in [0.15, 0.2) is 11.5 Å². The van der Waals surface area contributed by atoms with Gasteiger partial charge in [-0.05, 0) is 29.8 Å². The fraction of sp³-hybridized carbons (Fsp3) is 0.348. The van der Waals surface area contributed by atoms with Crippen LogP contribution in [0.3, 0.4) is 0 Å². The summed E-state index contributed by atoms with van der Waals surface area (Å²) in [5, 5.41) is 15.1. The number of aromatic nitrogens is 3. The minimum atomic E-state index is -0.446. The average molecular weight is 482 g/mol. The lowest BCUT2D eigenvalue weighted by molar-refractivity contribution is -0.383. The van der Waals surface area contributed by atoms with Crippen LogP contribution < -0.4 is 29.3 Å². The van der Waals surface area contributed by atoms with Crippen LogP contribution in [0.4, 0.5) is 23.1 Å². The highest BCUT2D eigenvalue weighted by Gasteiger charge is 2.29. The van der Waals surface area contributed by atoms with Crippen LogP contribution in [-0.4, -0.2) is 67.4 Å². The first-order valence-electron chi connectivity index (χ1n) is 11.0. The van der Waals surface area contributed by atoms with Crippen molar-refractivity contribution in [2.24, 2.45) is 0 Å². The summed E-state index contributed by atoms with van der Waals surface area (Å²) in [6.07, 6.45) is 3.09. The summed E-state index contributed by atoms with van der Waals surface area (Å²) in [5.41, 5.74) is 0.615. The van der Waals surface area contributed by atoms with Crippen molar-refractivity contribution < 1.29 is 19.1 Å². The number of nitro groups is 1. The molecule has 2 aromatic heterocycles. The van der Waals surface area contributed by atoms with Crippen LogP contribution in [0, 0.1) is 10.1 Å². The van der Waals surface area contributed by atoms with E-state index in [2.05, 4.69) is 25.2 Å². The van der Waals surface area contributed by atoms with E-state index in [1.807, 2.05) is 23.1 Å². The third-order valence-electron chi connectivity index (χ3n) is 5.72. The molecule has 0 radical (unpaired) electrons. The summed E-state index contributed by atoms with van der Waals surface area (Å²) in [6.45, 7) is 2.74. The second-order valence-electron chi connectivity index (χ2n) is 7.70. The topological polar surface area (TPSA) is 128 Å². The molecule has 0 bridgehead atoms. The molecule has 0 saturated carbocycles. The summed E-state index contributed by atoms with van der Waals surface area (Å²) < 4.78 is 16.1. The van der Waals surface area contributed by atoms with Gasteiger partial charge in [-0.1, -0.05) is 6.07 Å². The van der Waals surface area contributed by atoms with Gasteiger partial charge in [-0.2, -0.15) is 0 Å². The quantitative estimate of drug-likeness (QED) is 0.358. The van der Waals surface area contributed by atoms with E-state index in [4.69, 9.17) is 14.2 Å². The molecule has 1 aliphatic heterocycles. The van der Waals surface area contributed by atoms with Crippen LogP contribution in [0.25, 0.3) is 0 Å². The first-order chi connectivity index (χ1) is 17.0. The van der Waals surface area contributed by atoms with Gasteiger partial charge >= 0.3 is 5.69 Å². The molecule has 0 atom stereocenters. The Hall–Kier alpha value is -4.35. The average Bonchev–Trinajstić information content (AvgIpc) is 2.91. The molecule has 1 aromatic carbocycles. The zero-order chi connectivity index (χ0) is 24.8. The van der Waals surface area contributed by atoms with Crippen LogP contribution in [0.1, 0.15) is 5.56 Å². The molecule has 12 heteroatoms. The Balaban J connectivity index is 1.53. The predicted octanol–water partition coefficient (Wildman–Crippen LogP) is 2.74. The lowest BCUT2D eigenvalue weighted by atomic mass is 10.1. The van der Waals surface area contributed by atoms with Gasteiger partial charge in [0.2, 0.25) is 17.4 Å². The van der Waals surface area contributed by atoms with Crippen LogP contribution in [0.2, 0.25) is 0 Å². The molecule has 184 valence electrons. The molecular weight excluding hydrogens is 454 g/mol. The monoisotopic (exact) mass is 481 g/mol. The molecule has 1 saturated heterocycles. The number of piperazine rings is 1. The molecular formula is C23H27N7O5. The zero-order valence-corrected chi connectivity index (χ0v) is 19.8. The van der Waals surface area contributed by atoms with Gasteiger partial charge in [0.1, 0.15) is 12.1 Å². The fourth-order valence-electron chi connectivity index (χ4n) is 4.01. The number of benzene rings is 1. The minimum absolute atomic E-state index is 0.140. The van der Waals surface area contributed by atoms with Gasteiger partial charge in [0.05, 0.1) is 26.3 Å². The van der Waals surface area contributed by atoms with E-state index in [1.165, 1.54) is 27.7 Å². The number of ether oxygens (including phenoxy) is 3. The van der Waals surface area contributed by atoms with Crippen LogP contribution in [0.15, 0.2) is 42.9 Å². The number of anilines is 3. The second kappa shape index (κ2) is 10.7. The summed E-state index contributed by atoms with van der Waals surface area (Å²) in [7, 11) is 4.59. The van der Waals surface area contributed by atoms with Crippen LogP contribution >= 0.6 is 0 Å². The third-order valence-corrected chi connectivity index (χ3v) is 5.72. The lowest BCUT2D eigenvalue weighted by Crippen LogP contribution is -2.47. The molecule has 0 spiro atoms. The van der Waals surface area contributed by atoms with Crippen molar-refractivity contribution in [3.05, 3.63) is 58.5 Å². The van der Waals surface area contributed by atoms with Crippen molar-refractivity contribution in [3.63, 3.8) is 0 Å². The molecule has 4 rings (SSSR count). The first kappa shape index (κ1) is 23.8. The minimum Gasteiger partial charge on any atom is -0.493 e. The molecule has 0 amide bonds. The Morgan fingerprint density at radius 1 is 0.971 bits per heavy atom. The maximum absolute atomic E-state index is 12.0. The Morgan fingerprint density at radius 2 is 1.66 bits per heavy atom. The van der Waals surface area contributed by atoms with Crippen molar-refractivity contribution in [1.29, 1.82) is 0 Å². The Morgan fingerprint density at radius 3 is 2.23 bits per heavy atom. The maximum Gasteiger partial charge on any atom is 0.353 e. The molecule has 3 heterocycles. The van der Waals surface area contributed by atoms with E-state index in [0.29, 0.717) is 43.4 Å². The number of hydrogen-bond acceptors (Lipinski definition) is 11.